The SMILES string of the molecule is FC(F)(F)C1(CCl)CN1c1ccccc1Cl. The predicted octanol–water partition coefficient (Wildman–Crippen LogP) is 3.70. The van der Waals surface area contributed by atoms with Crippen LogP contribution >= 0.6 is 23.2 Å². The normalized spacial score (nSPS) is 24.7. The standard InChI is InChI=1S/C10H8Cl2F3N/c11-5-9(10(13,14)15)6-16(9)8-4-2-1-3-7(8)12/h1-4H,5-6H2. The van der Waals surface area contributed by atoms with Crippen LogP contribution in [0.2, 0.25) is 5.02 Å². The maximum Gasteiger partial charge on any atom is 0.414 e. The molecule has 1 aliphatic rings. The smallest absolute Gasteiger partial charge is 0.351 e. The van der Waals surface area contributed by atoms with Crippen LogP contribution in [-0.2, 0) is 0 Å². The van der Waals surface area contributed by atoms with Gasteiger partial charge in [0.1, 0.15) is 0 Å². The molecule has 0 spiro atoms. The van der Waals surface area contributed by atoms with Crippen LogP contribution in [0.1, 0.15) is 0 Å². The van der Waals surface area contributed by atoms with Crippen LogP contribution < -0.4 is 4.90 Å². The maximum atomic E-state index is 12.8. The van der Waals surface area contributed by atoms with Gasteiger partial charge in [0, 0.05) is 0 Å². The molecule has 0 N–H and O–H groups in total. The lowest BCUT2D eigenvalue weighted by atomic mass is 10.2. The molecule has 16 heavy (non-hydrogen) atoms. The van der Waals surface area contributed by atoms with E-state index in [-0.39, 0.29) is 6.54 Å². The lowest BCUT2D eigenvalue weighted by molar-refractivity contribution is -0.150. The van der Waals surface area contributed by atoms with Gasteiger partial charge in [0.2, 0.25) is 0 Å². The molecule has 1 fully saturated rings. The Hall–Kier alpha value is -0.610. The van der Waals surface area contributed by atoms with Gasteiger partial charge < -0.3 is 4.90 Å². The van der Waals surface area contributed by atoms with Gasteiger partial charge in [0.05, 0.1) is 23.1 Å². The van der Waals surface area contributed by atoms with Crippen molar-refractivity contribution in [1.29, 1.82) is 0 Å². The van der Waals surface area contributed by atoms with Crippen molar-refractivity contribution in [2.45, 2.75) is 11.7 Å². The van der Waals surface area contributed by atoms with Gasteiger partial charge in [-0.2, -0.15) is 13.2 Å². The highest BCUT2D eigenvalue weighted by Gasteiger charge is 2.69. The summed E-state index contributed by atoms with van der Waals surface area (Å²) in [6.07, 6.45) is -4.34. The summed E-state index contributed by atoms with van der Waals surface area (Å²) >= 11 is 11.3. The molecule has 1 saturated heterocycles. The minimum absolute atomic E-state index is 0.135. The van der Waals surface area contributed by atoms with Crippen molar-refractivity contribution in [3.05, 3.63) is 29.3 Å². The number of benzene rings is 1. The van der Waals surface area contributed by atoms with Crippen LogP contribution in [0.3, 0.4) is 0 Å². The lowest BCUT2D eigenvalue weighted by Gasteiger charge is -2.19. The molecule has 1 aromatic carbocycles. The number of para-hydroxylation sites is 1. The summed E-state index contributed by atoms with van der Waals surface area (Å²) in [5.74, 6) is -0.484. The summed E-state index contributed by atoms with van der Waals surface area (Å²) in [7, 11) is 0. The molecule has 0 aliphatic carbocycles. The number of rotatable bonds is 2. The zero-order chi connectivity index (χ0) is 12.0. The number of hydrogen-bond donors (Lipinski definition) is 0. The summed E-state index contributed by atoms with van der Waals surface area (Å²) in [4.78, 5) is 1.18. The molecule has 0 aromatic heterocycles. The molecule has 1 aliphatic heterocycles. The second-order valence-corrected chi connectivity index (χ2v) is 4.37. The molecule has 1 nitrogen and oxygen atoms in total. The topological polar surface area (TPSA) is 3.01 Å². The average molecular weight is 270 g/mol. The van der Waals surface area contributed by atoms with Crippen LogP contribution in [0.25, 0.3) is 0 Å². The Morgan fingerprint density at radius 2 is 1.94 bits per heavy atom. The minimum atomic E-state index is -4.34. The van der Waals surface area contributed by atoms with Crippen molar-refractivity contribution in [2.75, 3.05) is 17.3 Å². The van der Waals surface area contributed by atoms with Crippen LogP contribution in [0.15, 0.2) is 24.3 Å². The fourth-order valence-electron chi connectivity index (χ4n) is 1.65. The van der Waals surface area contributed by atoms with Crippen molar-refractivity contribution in [2.24, 2.45) is 0 Å². The summed E-state index contributed by atoms with van der Waals surface area (Å²) in [6, 6.07) is 6.44. The molecule has 88 valence electrons. The van der Waals surface area contributed by atoms with Gasteiger partial charge in [-0.1, -0.05) is 23.7 Å². The molecule has 6 heteroatoms. The highest BCUT2D eigenvalue weighted by atomic mass is 35.5. The molecule has 0 bridgehead atoms. The third-order valence-electron chi connectivity index (χ3n) is 2.72. The van der Waals surface area contributed by atoms with E-state index >= 15 is 0 Å². The van der Waals surface area contributed by atoms with Gasteiger partial charge in [-0.15, -0.1) is 11.6 Å². The summed E-state index contributed by atoms with van der Waals surface area (Å²) in [5, 5.41) is 0.304. The summed E-state index contributed by atoms with van der Waals surface area (Å²) in [6.45, 7) is -0.135. The number of hydrogen-bond acceptors (Lipinski definition) is 1. The first-order valence-electron chi connectivity index (χ1n) is 4.57. The fraction of sp³-hybridized carbons (Fsp3) is 0.400. The average Bonchev–Trinajstić information content (AvgIpc) is 2.93. The van der Waals surface area contributed by atoms with Crippen molar-refractivity contribution >= 4 is 28.9 Å². The van der Waals surface area contributed by atoms with Crippen molar-refractivity contribution in [3.63, 3.8) is 0 Å². The van der Waals surface area contributed by atoms with E-state index in [4.69, 9.17) is 23.2 Å². The largest absolute Gasteiger partial charge is 0.414 e. The Bertz CT molecular complexity index is 407. The second-order valence-electron chi connectivity index (χ2n) is 3.70. The van der Waals surface area contributed by atoms with Gasteiger partial charge >= 0.3 is 6.18 Å². The minimum Gasteiger partial charge on any atom is -0.351 e. The van der Waals surface area contributed by atoms with Crippen LogP contribution in [0, 0.1) is 0 Å². The van der Waals surface area contributed by atoms with E-state index in [2.05, 4.69) is 0 Å². The number of anilines is 1. The molecular formula is C10H8Cl2F3N. The Morgan fingerprint density at radius 1 is 1.31 bits per heavy atom. The highest BCUT2D eigenvalue weighted by Crippen LogP contribution is 2.51. The van der Waals surface area contributed by atoms with Crippen LogP contribution in [0.4, 0.5) is 18.9 Å². The van der Waals surface area contributed by atoms with E-state index in [1.807, 2.05) is 0 Å². The van der Waals surface area contributed by atoms with E-state index in [9.17, 15) is 13.2 Å². The molecule has 0 radical (unpaired) electrons. The van der Waals surface area contributed by atoms with Crippen LogP contribution in [-0.4, -0.2) is 24.1 Å². The maximum absolute atomic E-state index is 12.8. The van der Waals surface area contributed by atoms with E-state index in [0.717, 1.165) is 0 Å². The first-order chi connectivity index (χ1) is 7.42. The monoisotopic (exact) mass is 269 g/mol. The molecule has 0 saturated carbocycles. The van der Waals surface area contributed by atoms with Gasteiger partial charge in [-0.25, -0.2) is 0 Å². The van der Waals surface area contributed by atoms with Gasteiger partial charge in [0.25, 0.3) is 0 Å². The molecule has 0 amide bonds. The third kappa shape index (κ3) is 1.64. The molecule has 2 rings (SSSR count). The number of halogens is 5. The van der Waals surface area contributed by atoms with Gasteiger partial charge in [-0.05, 0) is 12.1 Å². The molecule has 1 heterocycles. The Balaban J connectivity index is 2.32. The Morgan fingerprint density at radius 3 is 2.38 bits per heavy atom. The highest BCUT2D eigenvalue weighted by molar-refractivity contribution is 6.33. The zero-order valence-corrected chi connectivity index (χ0v) is 9.57. The quantitative estimate of drug-likeness (QED) is 0.585. The first-order valence-corrected chi connectivity index (χ1v) is 5.48. The fourth-order valence-corrected chi connectivity index (χ4v) is 2.26. The van der Waals surface area contributed by atoms with Crippen molar-refractivity contribution in [3.8, 4) is 0 Å². The van der Waals surface area contributed by atoms with Crippen molar-refractivity contribution in [1.82, 2.24) is 0 Å². The third-order valence-corrected chi connectivity index (χ3v) is 3.49. The van der Waals surface area contributed by atoms with E-state index in [1.54, 1.807) is 24.3 Å². The van der Waals surface area contributed by atoms with Crippen LogP contribution in [0.5, 0.6) is 0 Å². The Kier molecular flexibility index (Phi) is 2.75. The number of nitrogens with zero attached hydrogens (tertiary/aromatic N) is 1. The van der Waals surface area contributed by atoms with Gasteiger partial charge in [-0.3, -0.25) is 0 Å². The summed E-state index contributed by atoms with van der Waals surface area (Å²) in [5.41, 5.74) is -1.57. The Labute approximate surface area is 101 Å². The first kappa shape index (κ1) is 11.9. The van der Waals surface area contributed by atoms with E-state index in [0.29, 0.717) is 10.7 Å². The number of alkyl halides is 4. The van der Waals surface area contributed by atoms with E-state index < -0.39 is 17.6 Å². The van der Waals surface area contributed by atoms with Crippen molar-refractivity contribution < 1.29 is 13.2 Å². The predicted molar refractivity (Wildman–Crippen MR) is 58.3 cm³/mol. The molecule has 1 unspecified atom stereocenters. The second kappa shape index (κ2) is 3.70. The molecular weight excluding hydrogens is 262 g/mol. The molecule has 1 aromatic rings. The summed E-state index contributed by atoms with van der Waals surface area (Å²) < 4.78 is 38.4. The lowest BCUT2D eigenvalue weighted by Crippen LogP contribution is -2.38. The van der Waals surface area contributed by atoms with E-state index in [1.165, 1.54) is 4.90 Å². The molecule has 1 atom stereocenters. The van der Waals surface area contributed by atoms with Gasteiger partial charge in [0.15, 0.2) is 5.54 Å². The zero-order valence-electron chi connectivity index (χ0n) is 8.06.